The largest absolute Gasteiger partial charge is 0.489 e. The maximum atomic E-state index is 12.8. The van der Waals surface area contributed by atoms with Crippen molar-refractivity contribution in [2.45, 2.75) is 50.3 Å². The van der Waals surface area contributed by atoms with Gasteiger partial charge in [0, 0.05) is 11.0 Å². The molecular weight excluding hydrogens is 533 g/mol. The number of aliphatic carboxylic acids is 1. The molecule has 0 saturated carbocycles. The van der Waals surface area contributed by atoms with Crippen molar-refractivity contribution in [3.8, 4) is 17.2 Å². The van der Waals surface area contributed by atoms with Crippen LogP contribution in [-0.2, 0) is 11.4 Å². The summed E-state index contributed by atoms with van der Waals surface area (Å²) in [4.78, 5) is 24.2. The third-order valence-corrected chi connectivity index (χ3v) is 6.59. The van der Waals surface area contributed by atoms with E-state index >= 15 is 0 Å². The minimum absolute atomic E-state index is 0.0463. The molecule has 0 aromatic heterocycles. The van der Waals surface area contributed by atoms with Gasteiger partial charge in [-0.05, 0) is 104 Å². The monoisotopic (exact) mass is 558 g/mol. The van der Waals surface area contributed by atoms with Crippen LogP contribution in [-0.4, -0.2) is 28.0 Å². The second kappa shape index (κ2) is 10.7. The fraction of sp³-hybridized carbons (Fsp3) is 0.241. The second-order valence-corrected chi connectivity index (χ2v) is 10.6. The van der Waals surface area contributed by atoms with Crippen LogP contribution in [0.2, 0.25) is 0 Å². The standard InChI is InChI=1S/C29H25F3O6S/c1-16-11-19(12-17(2)26(16)38-28(3,4)27(34)35)15-36-20-7-10-22-23(14-20)37-24(25(22)33)13-18-5-8-21(9-6-18)39-29(30,31)32/h5-14H,15H2,1-4H3,(H,34,35)/b24-13-. The Morgan fingerprint density at radius 1 is 1.03 bits per heavy atom. The van der Waals surface area contributed by atoms with E-state index in [-0.39, 0.29) is 34.8 Å². The average molecular weight is 559 g/mol. The highest BCUT2D eigenvalue weighted by Gasteiger charge is 2.31. The number of rotatable bonds is 8. The zero-order valence-electron chi connectivity index (χ0n) is 21.5. The molecule has 0 amide bonds. The Bertz CT molecular complexity index is 1440. The van der Waals surface area contributed by atoms with Crippen LogP contribution in [0.4, 0.5) is 13.2 Å². The van der Waals surface area contributed by atoms with E-state index in [0.29, 0.717) is 28.4 Å². The number of ketones is 1. The third kappa shape index (κ3) is 6.75. The molecule has 6 nitrogen and oxygen atoms in total. The van der Waals surface area contributed by atoms with Crippen molar-refractivity contribution in [3.63, 3.8) is 0 Å². The molecule has 1 N–H and O–H groups in total. The van der Waals surface area contributed by atoms with E-state index < -0.39 is 17.1 Å². The van der Waals surface area contributed by atoms with Crippen LogP contribution in [0.25, 0.3) is 6.08 Å². The predicted molar refractivity (Wildman–Crippen MR) is 140 cm³/mol. The Balaban J connectivity index is 1.44. The van der Waals surface area contributed by atoms with Crippen LogP contribution in [0.5, 0.6) is 17.2 Å². The van der Waals surface area contributed by atoms with E-state index in [1.165, 1.54) is 44.2 Å². The lowest BCUT2D eigenvalue weighted by molar-refractivity contribution is -0.152. The summed E-state index contributed by atoms with van der Waals surface area (Å²) in [7, 11) is 0. The fourth-order valence-electron chi connectivity index (χ4n) is 3.92. The summed E-state index contributed by atoms with van der Waals surface area (Å²) < 4.78 is 55.0. The zero-order valence-corrected chi connectivity index (χ0v) is 22.3. The number of benzene rings is 3. The Morgan fingerprint density at radius 2 is 1.67 bits per heavy atom. The van der Waals surface area contributed by atoms with Crippen molar-refractivity contribution >= 4 is 29.6 Å². The normalized spacial score (nSPS) is 14.2. The molecule has 1 aliphatic heterocycles. The first-order valence-corrected chi connectivity index (χ1v) is 12.6. The molecular formula is C29H25F3O6S. The van der Waals surface area contributed by atoms with Gasteiger partial charge in [0.2, 0.25) is 5.78 Å². The highest BCUT2D eigenvalue weighted by molar-refractivity contribution is 8.00. The fourth-order valence-corrected chi connectivity index (χ4v) is 4.46. The third-order valence-electron chi connectivity index (χ3n) is 5.85. The molecule has 0 saturated heterocycles. The number of carbonyl (C=O) groups excluding carboxylic acids is 1. The summed E-state index contributed by atoms with van der Waals surface area (Å²) in [6.45, 7) is 6.84. The lowest BCUT2D eigenvalue weighted by Crippen LogP contribution is -2.38. The van der Waals surface area contributed by atoms with Crippen molar-refractivity contribution in [1.29, 1.82) is 0 Å². The highest BCUT2D eigenvalue weighted by atomic mass is 32.2. The number of Topliss-reactive ketones (excluding diaryl/α,β-unsaturated/α-hetero) is 1. The minimum Gasteiger partial charge on any atom is -0.489 e. The number of ether oxygens (including phenoxy) is 3. The number of hydrogen-bond acceptors (Lipinski definition) is 6. The summed E-state index contributed by atoms with van der Waals surface area (Å²) in [5.74, 6) is -0.0505. The Hall–Kier alpha value is -3.92. The first-order valence-electron chi connectivity index (χ1n) is 11.8. The quantitative estimate of drug-likeness (QED) is 0.229. The highest BCUT2D eigenvalue weighted by Crippen LogP contribution is 2.38. The van der Waals surface area contributed by atoms with Crippen LogP contribution < -0.4 is 14.2 Å². The maximum Gasteiger partial charge on any atom is 0.446 e. The molecule has 3 aromatic carbocycles. The van der Waals surface area contributed by atoms with Crippen molar-refractivity contribution < 1.29 is 42.1 Å². The summed E-state index contributed by atoms with van der Waals surface area (Å²) >= 11 is -0.208. The molecule has 204 valence electrons. The van der Waals surface area contributed by atoms with Gasteiger partial charge in [0.15, 0.2) is 11.4 Å². The molecule has 4 rings (SSSR count). The van der Waals surface area contributed by atoms with Crippen LogP contribution >= 0.6 is 11.8 Å². The van der Waals surface area contributed by atoms with Gasteiger partial charge in [-0.15, -0.1) is 0 Å². The SMILES string of the molecule is Cc1cc(COc2ccc3c(c2)O/C(=C\c2ccc(SC(F)(F)F)cc2)C3=O)cc(C)c1OC(C)(C)C(=O)O. The molecule has 0 spiro atoms. The van der Waals surface area contributed by atoms with Gasteiger partial charge >= 0.3 is 11.5 Å². The van der Waals surface area contributed by atoms with E-state index in [4.69, 9.17) is 14.2 Å². The maximum absolute atomic E-state index is 12.8. The van der Waals surface area contributed by atoms with E-state index in [0.717, 1.165) is 16.7 Å². The van der Waals surface area contributed by atoms with Gasteiger partial charge in [-0.2, -0.15) is 13.2 Å². The van der Waals surface area contributed by atoms with Crippen molar-refractivity contribution in [1.82, 2.24) is 0 Å². The van der Waals surface area contributed by atoms with Crippen LogP contribution in [0, 0.1) is 13.8 Å². The average Bonchev–Trinajstić information content (AvgIpc) is 3.14. The summed E-state index contributed by atoms with van der Waals surface area (Å²) in [6.07, 6.45) is 1.48. The van der Waals surface area contributed by atoms with Gasteiger partial charge in [0.05, 0.1) is 5.56 Å². The molecule has 0 fully saturated rings. The van der Waals surface area contributed by atoms with Gasteiger partial charge in [0.1, 0.15) is 23.9 Å². The molecule has 1 heterocycles. The lowest BCUT2D eigenvalue weighted by Gasteiger charge is -2.24. The predicted octanol–water partition coefficient (Wildman–Crippen LogP) is 7.35. The topological polar surface area (TPSA) is 82.1 Å². The summed E-state index contributed by atoms with van der Waals surface area (Å²) in [5.41, 5.74) is -2.49. The smallest absolute Gasteiger partial charge is 0.446 e. The zero-order chi connectivity index (χ0) is 28.5. The van der Waals surface area contributed by atoms with Gasteiger partial charge in [-0.1, -0.05) is 12.1 Å². The van der Waals surface area contributed by atoms with Crippen LogP contribution in [0.3, 0.4) is 0 Å². The molecule has 39 heavy (non-hydrogen) atoms. The first kappa shape index (κ1) is 28.1. The molecule has 0 bridgehead atoms. The molecule has 0 unspecified atom stereocenters. The molecule has 0 atom stereocenters. The van der Waals surface area contributed by atoms with E-state index in [2.05, 4.69) is 0 Å². The van der Waals surface area contributed by atoms with Gasteiger partial charge in [-0.25, -0.2) is 4.79 Å². The van der Waals surface area contributed by atoms with E-state index in [9.17, 15) is 27.9 Å². The Labute approximate surface area is 227 Å². The molecule has 0 aliphatic carbocycles. The Morgan fingerprint density at radius 3 is 2.26 bits per heavy atom. The molecule has 10 heteroatoms. The van der Waals surface area contributed by atoms with Crippen LogP contribution in [0.15, 0.2) is 65.3 Å². The number of hydrogen-bond donors (Lipinski definition) is 1. The first-order chi connectivity index (χ1) is 18.2. The molecule has 1 aliphatic rings. The number of carboxylic acid groups (broad SMARTS) is 1. The van der Waals surface area contributed by atoms with E-state index in [1.54, 1.807) is 18.2 Å². The number of alkyl halides is 3. The van der Waals surface area contributed by atoms with Crippen molar-refractivity contribution in [2.24, 2.45) is 0 Å². The number of carbonyl (C=O) groups is 2. The van der Waals surface area contributed by atoms with Crippen molar-refractivity contribution in [3.05, 3.63) is 88.2 Å². The summed E-state index contributed by atoms with van der Waals surface area (Å²) in [5, 5.41) is 9.35. The number of carboxylic acids is 1. The number of aryl methyl sites for hydroxylation is 2. The number of allylic oxidation sites excluding steroid dienone is 1. The second-order valence-electron chi connectivity index (χ2n) is 9.48. The van der Waals surface area contributed by atoms with Crippen molar-refractivity contribution in [2.75, 3.05) is 0 Å². The number of halogens is 3. The van der Waals surface area contributed by atoms with Gasteiger partial charge < -0.3 is 19.3 Å². The lowest BCUT2D eigenvalue weighted by atomic mass is 10.0. The van der Waals surface area contributed by atoms with Gasteiger partial charge in [-0.3, -0.25) is 4.79 Å². The summed E-state index contributed by atoms with van der Waals surface area (Å²) in [6, 6.07) is 14.2. The Kier molecular flexibility index (Phi) is 7.70. The molecule has 3 aromatic rings. The van der Waals surface area contributed by atoms with Crippen LogP contribution in [0.1, 0.15) is 46.5 Å². The number of fused-ring (bicyclic) bond motifs is 1. The van der Waals surface area contributed by atoms with Gasteiger partial charge in [0.25, 0.3) is 0 Å². The van der Waals surface area contributed by atoms with E-state index in [1.807, 2.05) is 26.0 Å². The molecule has 0 radical (unpaired) electrons. The number of thioether (sulfide) groups is 1. The minimum atomic E-state index is -4.37.